The summed E-state index contributed by atoms with van der Waals surface area (Å²) in [6.45, 7) is 7.88. The number of piperidine rings is 1. The van der Waals surface area contributed by atoms with E-state index in [1.54, 1.807) is 13.8 Å². The third-order valence-electron chi connectivity index (χ3n) is 4.39. The van der Waals surface area contributed by atoms with Crippen LogP contribution in [0.2, 0.25) is 0 Å². The van der Waals surface area contributed by atoms with Crippen molar-refractivity contribution in [2.45, 2.75) is 57.9 Å². The number of aromatic nitrogens is 1. The number of carbonyl (C=O) groups is 1. The van der Waals surface area contributed by atoms with Gasteiger partial charge in [0, 0.05) is 25.0 Å². The van der Waals surface area contributed by atoms with Crippen LogP contribution < -0.4 is 5.32 Å². The second kappa shape index (κ2) is 7.00. The van der Waals surface area contributed by atoms with Crippen LogP contribution in [0.25, 0.3) is 0 Å². The average Bonchev–Trinajstić information content (AvgIpc) is 2.86. The molecular formula is C15H25N3O4S. The quantitative estimate of drug-likeness (QED) is 0.877. The highest BCUT2D eigenvalue weighted by Crippen LogP contribution is 2.27. The predicted octanol–water partition coefficient (Wildman–Crippen LogP) is 1.61. The fourth-order valence-electron chi connectivity index (χ4n) is 2.79. The van der Waals surface area contributed by atoms with Crippen molar-refractivity contribution in [2.75, 3.05) is 13.1 Å². The van der Waals surface area contributed by atoms with Gasteiger partial charge in [0.15, 0.2) is 5.76 Å². The second-order valence-electron chi connectivity index (χ2n) is 6.15. The third kappa shape index (κ3) is 3.74. The molecule has 2 rings (SSSR count). The number of aryl methyl sites for hydroxylation is 2. The van der Waals surface area contributed by atoms with Crippen molar-refractivity contribution in [3.05, 3.63) is 11.5 Å². The van der Waals surface area contributed by atoms with E-state index in [0.29, 0.717) is 37.4 Å². The third-order valence-corrected chi connectivity index (χ3v) is 6.54. The number of sulfonamides is 1. The molecule has 8 heteroatoms. The lowest BCUT2D eigenvalue weighted by molar-refractivity contribution is -0.126. The summed E-state index contributed by atoms with van der Waals surface area (Å²) < 4.78 is 31.8. The molecule has 1 aromatic rings. The van der Waals surface area contributed by atoms with Crippen molar-refractivity contribution in [3.8, 4) is 0 Å². The van der Waals surface area contributed by atoms with E-state index in [4.69, 9.17) is 4.52 Å². The van der Waals surface area contributed by atoms with Crippen LogP contribution in [0.5, 0.6) is 0 Å². The standard InChI is InChI=1S/C15H25N3O4S/c1-5-10(2)16-15(19)13-6-8-18(9-7-13)23(20,21)14-11(3)17-22-12(14)4/h10,13H,5-9H2,1-4H3,(H,16,19). The summed E-state index contributed by atoms with van der Waals surface area (Å²) in [5.74, 6) is 0.202. The molecule has 0 spiro atoms. The zero-order valence-corrected chi connectivity index (χ0v) is 14.9. The van der Waals surface area contributed by atoms with E-state index >= 15 is 0 Å². The summed E-state index contributed by atoms with van der Waals surface area (Å²) in [6.07, 6.45) is 1.95. The van der Waals surface area contributed by atoms with Gasteiger partial charge in [0.2, 0.25) is 15.9 Å². The van der Waals surface area contributed by atoms with Gasteiger partial charge < -0.3 is 9.84 Å². The lowest BCUT2D eigenvalue weighted by Crippen LogP contribution is -2.44. The van der Waals surface area contributed by atoms with E-state index in [2.05, 4.69) is 10.5 Å². The van der Waals surface area contributed by atoms with E-state index in [9.17, 15) is 13.2 Å². The minimum Gasteiger partial charge on any atom is -0.360 e. The summed E-state index contributed by atoms with van der Waals surface area (Å²) in [4.78, 5) is 12.3. The minimum atomic E-state index is -3.61. The first-order valence-corrected chi connectivity index (χ1v) is 9.44. The molecule has 0 bridgehead atoms. The number of nitrogens with one attached hydrogen (secondary N) is 1. The molecule has 130 valence electrons. The molecule has 0 aromatic carbocycles. The smallest absolute Gasteiger partial charge is 0.248 e. The van der Waals surface area contributed by atoms with Crippen molar-refractivity contribution < 1.29 is 17.7 Å². The number of rotatable bonds is 5. The number of nitrogens with zero attached hydrogens (tertiary/aromatic N) is 2. The predicted molar refractivity (Wildman–Crippen MR) is 85.4 cm³/mol. The van der Waals surface area contributed by atoms with E-state index in [0.717, 1.165) is 6.42 Å². The molecular weight excluding hydrogens is 318 g/mol. The summed E-state index contributed by atoms with van der Waals surface area (Å²) >= 11 is 0. The number of hydrogen-bond donors (Lipinski definition) is 1. The molecule has 1 N–H and O–H groups in total. The molecule has 1 aromatic heterocycles. The van der Waals surface area contributed by atoms with Gasteiger partial charge in [0.1, 0.15) is 10.6 Å². The monoisotopic (exact) mass is 343 g/mol. The lowest BCUT2D eigenvalue weighted by Gasteiger charge is -2.31. The van der Waals surface area contributed by atoms with Gasteiger partial charge in [-0.25, -0.2) is 8.42 Å². The zero-order valence-electron chi connectivity index (χ0n) is 14.1. The zero-order chi connectivity index (χ0) is 17.2. The molecule has 0 saturated carbocycles. The SMILES string of the molecule is CCC(C)NC(=O)C1CCN(S(=O)(=O)c2c(C)noc2C)CC1. The molecule has 1 atom stereocenters. The Balaban J connectivity index is 2.03. The molecule has 1 unspecified atom stereocenters. The van der Waals surface area contributed by atoms with Crippen molar-refractivity contribution in [2.24, 2.45) is 5.92 Å². The van der Waals surface area contributed by atoms with E-state index in [1.165, 1.54) is 4.31 Å². The molecule has 1 saturated heterocycles. The molecule has 23 heavy (non-hydrogen) atoms. The maximum absolute atomic E-state index is 12.7. The van der Waals surface area contributed by atoms with Crippen LogP contribution >= 0.6 is 0 Å². The molecule has 1 fully saturated rings. The first-order valence-electron chi connectivity index (χ1n) is 8.00. The molecule has 1 amide bonds. The summed E-state index contributed by atoms with van der Waals surface area (Å²) in [7, 11) is -3.61. The van der Waals surface area contributed by atoms with Gasteiger partial charge in [-0.1, -0.05) is 12.1 Å². The molecule has 0 aliphatic carbocycles. The van der Waals surface area contributed by atoms with Crippen LogP contribution in [-0.4, -0.2) is 42.9 Å². The van der Waals surface area contributed by atoms with Gasteiger partial charge in [-0.05, 0) is 40.0 Å². The van der Waals surface area contributed by atoms with E-state index < -0.39 is 10.0 Å². The Morgan fingerprint density at radius 2 is 2.00 bits per heavy atom. The molecule has 0 radical (unpaired) electrons. The van der Waals surface area contributed by atoms with Gasteiger partial charge >= 0.3 is 0 Å². The maximum atomic E-state index is 12.7. The fraction of sp³-hybridized carbons (Fsp3) is 0.733. The minimum absolute atomic E-state index is 0.0220. The Morgan fingerprint density at radius 3 is 2.48 bits per heavy atom. The molecule has 7 nitrogen and oxygen atoms in total. The van der Waals surface area contributed by atoms with Crippen molar-refractivity contribution in [1.82, 2.24) is 14.8 Å². The van der Waals surface area contributed by atoms with Crippen LogP contribution in [0.3, 0.4) is 0 Å². The van der Waals surface area contributed by atoms with Crippen LogP contribution in [0.15, 0.2) is 9.42 Å². The van der Waals surface area contributed by atoms with Crippen molar-refractivity contribution in [3.63, 3.8) is 0 Å². The largest absolute Gasteiger partial charge is 0.360 e. The van der Waals surface area contributed by atoms with Crippen molar-refractivity contribution in [1.29, 1.82) is 0 Å². The van der Waals surface area contributed by atoms with E-state index in [1.807, 2.05) is 13.8 Å². The summed E-state index contributed by atoms with van der Waals surface area (Å²) in [6, 6.07) is 0.145. The van der Waals surface area contributed by atoms with Gasteiger partial charge in [-0.3, -0.25) is 4.79 Å². The normalized spacial score (nSPS) is 18.8. The van der Waals surface area contributed by atoms with Gasteiger partial charge in [-0.2, -0.15) is 4.31 Å². The van der Waals surface area contributed by atoms with Crippen LogP contribution in [0.4, 0.5) is 0 Å². The maximum Gasteiger partial charge on any atom is 0.248 e. The van der Waals surface area contributed by atoms with Crippen LogP contribution in [0, 0.1) is 19.8 Å². The molecule has 2 heterocycles. The topological polar surface area (TPSA) is 92.5 Å². The van der Waals surface area contributed by atoms with Crippen LogP contribution in [0.1, 0.15) is 44.6 Å². The Bertz CT molecular complexity index is 641. The summed E-state index contributed by atoms with van der Waals surface area (Å²) in [5, 5.41) is 6.68. The highest BCUT2D eigenvalue weighted by Gasteiger charge is 2.35. The summed E-state index contributed by atoms with van der Waals surface area (Å²) in [5.41, 5.74) is 0.374. The molecule has 1 aliphatic heterocycles. The number of hydrogen-bond acceptors (Lipinski definition) is 5. The Hall–Kier alpha value is -1.41. The first-order chi connectivity index (χ1) is 10.8. The Kier molecular flexibility index (Phi) is 5.46. The molecule has 1 aliphatic rings. The Morgan fingerprint density at radius 1 is 1.39 bits per heavy atom. The van der Waals surface area contributed by atoms with Crippen molar-refractivity contribution >= 4 is 15.9 Å². The van der Waals surface area contributed by atoms with E-state index in [-0.39, 0.29) is 22.8 Å². The Labute approximate surface area is 137 Å². The first kappa shape index (κ1) is 17.9. The van der Waals surface area contributed by atoms with Gasteiger partial charge in [-0.15, -0.1) is 0 Å². The highest BCUT2D eigenvalue weighted by atomic mass is 32.2. The average molecular weight is 343 g/mol. The van der Waals surface area contributed by atoms with Gasteiger partial charge in [0.05, 0.1) is 0 Å². The fourth-order valence-corrected chi connectivity index (χ4v) is 4.55. The second-order valence-corrected chi connectivity index (χ2v) is 8.02. The number of carbonyl (C=O) groups excluding carboxylic acids is 1. The highest BCUT2D eigenvalue weighted by molar-refractivity contribution is 7.89. The lowest BCUT2D eigenvalue weighted by atomic mass is 9.97. The van der Waals surface area contributed by atoms with Crippen LogP contribution in [-0.2, 0) is 14.8 Å². The number of amides is 1. The van der Waals surface area contributed by atoms with Gasteiger partial charge in [0.25, 0.3) is 0 Å².